The Morgan fingerprint density at radius 2 is 0.880 bits per heavy atom. The van der Waals surface area contributed by atoms with Crippen LogP contribution in [-0.4, -0.2) is 109 Å². The summed E-state index contributed by atoms with van der Waals surface area (Å²) in [5.41, 5.74) is 0.247. The minimum absolute atomic E-state index is 0.0529. The molecule has 8 rings (SSSR count). The largest absolute Gasteiger partial charge is 0.462 e. The van der Waals surface area contributed by atoms with E-state index in [2.05, 4.69) is 52.2 Å². The number of fused-ring (bicyclic) bond motifs is 10. The van der Waals surface area contributed by atoms with Crippen molar-refractivity contribution in [1.29, 1.82) is 0 Å². The third kappa shape index (κ3) is 12.7. The zero-order chi connectivity index (χ0) is 54.5. The van der Waals surface area contributed by atoms with Gasteiger partial charge in [-0.15, -0.1) is 0 Å². The molecular weight excluding hydrogens is 1000 g/mol. The van der Waals surface area contributed by atoms with E-state index >= 15 is 0 Å². The topological polar surface area (TPSA) is 260 Å². The highest BCUT2D eigenvalue weighted by atomic mass is 32.2. The average Bonchev–Trinajstić information content (AvgIpc) is 3.87. The van der Waals surface area contributed by atoms with Crippen molar-refractivity contribution in [2.24, 2.45) is 92.7 Å². The number of aliphatic hydroxyl groups excluding tert-OH is 2. The van der Waals surface area contributed by atoms with E-state index in [-0.39, 0.29) is 107 Å². The van der Waals surface area contributed by atoms with Crippen molar-refractivity contribution < 1.29 is 64.8 Å². The number of nitrogens with one attached hydrogen (secondary N) is 2. The summed E-state index contributed by atoms with van der Waals surface area (Å²) < 4.78 is 74.4. The standard InChI is InChI=1S/C57H94N2O14S2/c1-34(10-16-48(62)58-26-28-74(66,67)68)40-12-14-42-52-44(20-24-56(40,42)5)54(3)22-18-38(30-36(54)32-46(52)60)72-50(64)8-7-9-51(65)73-39-19-23-55(4)37(31-39)33-47(61)53-43-15-13-41(57(43,6)25-21-45(53)55)35(2)11-17-49(63)59-27-29-75(69,70)71/h34-47,52-53,60-61H,7-33H2,1-6H3,(H,58,62)(H,59,63)(H,66,67,68)(H,69,70,71)/t34-,35-,36?,37?,38-,39-,40-,41-,42+,43+,44+,45+,46+,47+,52+,53+,54+,55+,56-,57-/m1/s1. The summed E-state index contributed by atoms with van der Waals surface area (Å²) >= 11 is 0. The Bertz CT molecular complexity index is 2140. The fourth-order valence-corrected chi connectivity index (χ4v) is 20.1. The van der Waals surface area contributed by atoms with E-state index in [1.807, 2.05) is 0 Å². The van der Waals surface area contributed by atoms with Gasteiger partial charge in [-0.3, -0.25) is 28.3 Å². The number of aliphatic hydroxyl groups is 2. The van der Waals surface area contributed by atoms with Gasteiger partial charge < -0.3 is 30.3 Å². The Kier molecular flexibility index (Phi) is 18.0. The van der Waals surface area contributed by atoms with Crippen molar-refractivity contribution in [3.63, 3.8) is 0 Å². The number of rotatable bonds is 20. The fraction of sp³-hybridized carbons (Fsp3) is 0.930. The van der Waals surface area contributed by atoms with Crippen LogP contribution in [0.3, 0.4) is 0 Å². The van der Waals surface area contributed by atoms with Crippen LogP contribution < -0.4 is 10.6 Å². The molecule has 0 saturated heterocycles. The monoisotopic (exact) mass is 1090 g/mol. The van der Waals surface area contributed by atoms with E-state index < -0.39 is 43.9 Å². The van der Waals surface area contributed by atoms with E-state index in [4.69, 9.17) is 18.6 Å². The van der Waals surface area contributed by atoms with E-state index in [1.54, 1.807) is 0 Å². The van der Waals surface area contributed by atoms with Gasteiger partial charge in [0.05, 0.1) is 23.7 Å². The summed E-state index contributed by atoms with van der Waals surface area (Å²) in [5, 5.41) is 29.1. The quantitative estimate of drug-likeness (QED) is 0.0498. The predicted molar refractivity (Wildman–Crippen MR) is 282 cm³/mol. The first-order valence-corrected chi connectivity index (χ1v) is 32.6. The lowest BCUT2D eigenvalue weighted by atomic mass is 9.43. The SMILES string of the molecule is C[C@H](CCC(=O)NCCS(=O)(=O)O)[C@H]1CC[C@H]2[C@@H]3[C@@H](O)CC4C[C@H](OC(=O)CCCC(=O)O[C@@H]5CC[C@@]6(C)C(C5)C[C@H](O)[C@H]5[C@@H]7CC[C@H]([C@H](C)CCC(=O)NCCS(=O)(=O)O)[C@@]7(C)CC[C@@H]56)CC[C@]4(C)[C@H]3CC[C@]12C. The third-order valence-electron chi connectivity index (χ3n) is 23.2. The Morgan fingerprint density at radius 3 is 1.25 bits per heavy atom. The molecule has 16 nitrogen and oxygen atoms in total. The summed E-state index contributed by atoms with van der Waals surface area (Å²) in [7, 11) is -8.26. The third-order valence-corrected chi connectivity index (χ3v) is 24.6. The molecule has 0 aromatic heterocycles. The molecule has 20 atom stereocenters. The molecule has 6 N–H and O–H groups in total. The van der Waals surface area contributed by atoms with E-state index in [1.165, 1.54) is 0 Å². The van der Waals surface area contributed by atoms with Gasteiger partial charge in [-0.05, 0) is 215 Å². The van der Waals surface area contributed by atoms with Crippen molar-refractivity contribution in [2.75, 3.05) is 24.6 Å². The highest BCUT2D eigenvalue weighted by molar-refractivity contribution is 7.86. The molecular formula is C57H94N2O14S2. The molecule has 428 valence electrons. The number of amides is 2. The summed E-state index contributed by atoms with van der Waals surface area (Å²) in [6.07, 6.45) is 16.3. The minimum atomic E-state index is -4.13. The van der Waals surface area contributed by atoms with Crippen LogP contribution in [0.15, 0.2) is 0 Å². The summed E-state index contributed by atoms with van der Waals surface area (Å²) in [4.78, 5) is 51.6. The lowest BCUT2D eigenvalue weighted by molar-refractivity contribution is -0.183. The highest BCUT2D eigenvalue weighted by Gasteiger charge is 2.65. The Hall–Kier alpha value is -2.38. The van der Waals surface area contributed by atoms with Crippen molar-refractivity contribution in [2.45, 2.75) is 214 Å². The molecule has 75 heavy (non-hydrogen) atoms. The van der Waals surface area contributed by atoms with Gasteiger partial charge in [-0.2, -0.15) is 16.8 Å². The van der Waals surface area contributed by atoms with Gasteiger partial charge in [0.25, 0.3) is 20.2 Å². The van der Waals surface area contributed by atoms with Gasteiger partial charge >= 0.3 is 11.9 Å². The zero-order valence-corrected chi connectivity index (χ0v) is 47.7. The zero-order valence-electron chi connectivity index (χ0n) is 46.0. The summed E-state index contributed by atoms with van der Waals surface area (Å²) in [6, 6.07) is 0. The second kappa shape index (κ2) is 23.0. The maximum Gasteiger partial charge on any atom is 0.306 e. The van der Waals surface area contributed by atoms with Gasteiger partial charge in [-0.1, -0.05) is 41.5 Å². The van der Waals surface area contributed by atoms with E-state index in [0.717, 1.165) is 89.9 Å². The van der Waals surface area contributed by atoms with Gasteiger partial charge in [-0.25, -0.2) is 0 Å². The molecule has 0 bridgehead atoms. The average molecular weight is 1100 g/mol. The van der Waals surface area contributed by atoms with Gasteiger partial charge in [0.15, 0.2) is 0 Å². The molecule has 2 amide bonds. The molecule has 2 unspecified atom stereocenters. The number of carbonyl (C=O) groups excluding carboxylic acids is 4. The minimum Gasteiger partial charge on any atom is -0.462 e. The van der Waals surface area contributed by atoms with Crippen LogP contribution in [0.2, 0.25) is 0 Å². The first kappa shape index (κ1) is 58.8. The molecule has 8 saturated carbocycles. The Morgan fingerprint density at radius 1 is 0.520 bits per heavy atom. The molecule has 0 aromatic carbocycles. The molecule has 8 aliphatic carbocycles. The normalized spacial score (nSPS) is 42.0. The van der Waals surface area contributed by atoms with Gasteiger partial charge in [0, 0.05) is 38.8 Å². The molecule has 0 spiro atoms. The molecule has 0 aromatic rings. The summed E-state index contributed by atoms with van der Waals surface area (Å²) in [6.45, 7) is 13.9. The second-order valence-electron chi connectivity index (χ2n) is 27.0. The second-order valence-corrected chi connectivity index (χ2v) is 30.1. The lowest BCUT2D eigenvalue weighted by Gasteiger charge is -2.62. The molecule has 8 fully saturated rings. The first-order valence-electron chi connectivity index (χ1n) is 29.3. The van der Waals surface area contributed by atoms with Crippen molar-refractivity contribution in [3.8, 4) is 0 Å². The van der Waals surface area contributed by atoms with Crippen LogP contribution in [0.1, 0.15) is 189 Å². The molecule has 0 heterocycles. The predicted octanol–water partition coefficient (Wildman–Crippen LogP) is 8.08. The number of hydrogen-bond acceptors (Lipinski definition) is 12. The fourth-order valence-electron chi connectivity index (χ4n) is 19.3. The van der Waals surface area contributed by atoms with Crippen LogP contribution in [0, 0.1) is 92.7 Å². The van der Waals surface area contributed by atoms with Crippen molar-refractivity contribution in [3.05, 3.63) is 0 Å². The Balaban J connectivity index is 0.748. The number of hydrogen-bond donors (Lipinski definition) is 6. The Labute approximate surface area is 448 Å². The van der Waals surface area contributed by atoms with Crippen molar-refractivity contribution >= 4 is 44.0 Å². The number of ether oxygens (including phenoxy) is 2. The molecule has 8 aliphatic rings. The number of esters is 2. The van der Waals surface area contributed by atoms with Crippen LogP contribution in [0.5, 0.6) is 0 Å². The number of carbonyl (C=O) groups is 4. The lowest BCUT2D eigenvalue weighted by Crippen LogP contribution is -2.58. The van der Waals surface area contributed by atoms with E-state index in [9.17, 15) is 46.2 Å². The molecule has 0 aliphatic heterocycles. The van der Waals surface area contributed by atoms with Crippen molar-refractivity contribution in [1.82, 2.24) is 10.6 Å². The summed E-state index contributed by atoms with van der Waals surface area (Å²) in [5.74, 6) is 2.02. The van der Waals surface area contributed by atoms with Crippen LogP contribution in [0.25, 0.3) is 0 Å². The maximum atomic E-state index is 13.3. The maximum absolute atomic E-state index is 13.3. The molecule has 0 radical (unpaired) electrons. The van der Waals surface area contributed by atoms with Crippen LogP contribution >= 0.6 is 0 Å². The smallest absolute Gasteiger partial charge is 0.306 e. The van der Waals surface area contributed by atoms with Gasteiger partial charge in [0.1, 0.15) is 12.2 Å². The highest BCUT2D eigenvalue weighted by Crippen LogP contribution is 2.70. The van der Waals surface area contributed by atoms with Crippen LogP contribution in [-0.2, 0) is 48.9 Å². The van der Waals surface area contributed by atoms with Gasteiger partial charge in [0.2, 0.25) is 11.8 Å². The van der Waals surface area contributed by atoms with Crippen LogP contribution in [0.4, 0.5) is 0 Å². The molecule has 18 heteroatoms. The first-order chi connectivity index (χ1) is 35.1. The van der Waals surface area contributed by atoms with E-state index in [0.29, 0.717) is 92.3 Å².